The number of hydrogen-bond donors (Lipinski definition) is 1. The predicted octanol–water partition coefficient (Wildman–Crippen LogP) is 2.64. The number of ether oxygens (including phenoxy) is 1. The van der Waals surface area contributed by atoms with Gasteiger partial charge in [-0.05, 0) is 11.8 Å². The second-order valence-corrected chi connectivity index (χ2v) is 4.15. The molecule has 3 heteroatoms. The highest BCUT2D eigenvalue weighted by atomic mass is 16.6. The number of carbonyl (C=O) groups is 1. The highest BCUT2D eigenvalue weighted by Gasteiger charge is 2.21. The minimum Gasteiger partial charge on any atom is -0.433 e. The molecule has 0 saturated carbocycles. The zero-order valence-corrected chi connectivity index (χ0v) is 9.95. The van der Waals surface area contributed by atoms with E-state index in [1.165, 1.54) is 0 Å². The van der Waals surface area contributed by atoms with Gasteiger partial charge in [0.15, 0.2) is 0 Å². The van der Waals surface area contributed by atoms with Crippen LogP contribution in [0.5, 0.6) is 0 Å². The fourth-order valence-electron chi connectivity index (χ4n) is 1.32. The van der Waals surface area contributed by atoms with Crippen molar-refractivity contribution in [2.75, 3.05) is 0 Å². The van der Waals surface area contributed by atoms with Crippen molar-refractivity contribution in [3.05, 3.63) is 12.7 Å². The SMILES string of the molecule is C=CC(=O)OC(O)CCC(C)(CC)CC. The molecule has 1 N–H and O–H groups in total. The lowest BCUT2D eigenvalue weighted by atomic mass is 9.80. The van der Waals surface area contributed by atoms with Crippen molar-refractivity contribution in [1.82, 2.24) is 0 Å². The second kappa shape index (κ2) is 6.62. The summed E-state index contributed by atoms with van der Waals surface area (Å²) in [6, 6.07) is 0. The van der Waals surface area contributed by atoms with E-state index < -0.39 is 12.3 Å². The first kappa shape index (κ1) is 14.2. The van der Waals surface area contributed by atoms with Gasteiger partial charge in [-0.15, -0.1) is 0 Å². The van der Waals surface area contributed by atoms with Gasteiger partial charge in [-0.2, -0.15) is 0 Å². The van der Waals surface area contributed by atoms with Crippen LogP contribution in [0.15, 0.2) is 12.7 Å². The first-order valence-electron chi connectivity index (χ1n) is 5.48. The molecule has 1 unspecified atom stereocenters. The van der Waals surface area contributed by atoms with E-state index in [1.54, 1.807) is 0 Å². The molecule has 3 nitrogen and oxygen atoms in total. The average molecular weight is 214 g/mol. The molecule has 0 aromatic heterocycles. The van der Waals surface area contributed by atoms with E-state index in [2.05, 4.69) is 32.1 Å². The van der Waals surface area contributed by atoms with Crippen LogP contribution in [0, 0.1) is 5.41 Å². The fourth-order valence-corrected chi connectivity index (χ4v) is 1.32. The molecule has 0 spiro atoms. The van der Waals surface area contributed by atoms with Gasteiger partial charge in [0.1, 0.15) is 0 Å². The molecule has 0 aromatic carbocycles. The number of carbonyl (C=O) groups excluding carboxylic acids is 1. The van der Waals surface area contributed by atoms with Crippen LogP contribution in [0.3, 0.4) is 0 Å². The third-order valence-electron chi connectivity index (χ3n) is 3.12. The molecule has 0 saturated heterocycles. The highest BCUT2D eigenvalue weighted by Crippen LogP contribution is 2.31. The third-order valence-corrected chi connectivity index (χ3v) is 3.12. The van der Waals surface area contributed by atoms with Crippen molar-refractivity contribution in [2.24, 2.45) is 5.41 Å². The van der Waals surface area contributed by atoms with Gasteiger partial charge in [-0.25, -0.2) is 4.79 Å². The Hall–Kier alpha value is -0.830. The van der Waals surface area contributed by atoms with Crippen LogP contribution in [0.2, 0.25) is 0 Å². The van der Waals surface area contributed by atoms with Gasteiger partial charge in [0.05, 0.1) is 0 Å². The van der Waals surface area contributed by atoms with Gasteiger partial charge in [0.2, 0.25) is 6.29 Å². The van der Waals surface area contributed by atoms with Crippen molar-refractivity contribution in [2.45, 2.75) is 52.7 Å². The molecule has 0 aliphatic heterocycles. The van der Waals surface area contributed by atoms with Crippen molar-refractivity contribution < 1.29 is 14.6 Å². The summed E-state index contributed by atoms with van der Waals surface area (Å²) in [4.78, 5) is 10.8. The number of esters is 1. The molecular formula is C12H22O3. The Balaban J connectivity index is 3.93. The largest absolute Gasteiger partial charge is 0.433 e. The van der Waals surface area contributed by atoms with Gasteiger partial charge in [0, 0.05) is 12.5 Å². The lowest BCUT2D eigenvalue weighted by molar-refractivity contribution is -0.163. The van der Waals surface area contributed by atoms with Gasteiger partial charge < -0.3 is 9.84 Å². The maximum absolute atomic E-state index is 10.8. The summed E-state index contributed by atoms with van der Waals surface area (Å²) in [5.74, 6) is -0.572. The lowest BCUT2D eigenvalue weighted by Gasteiger charge is -2.27. The van der Waals surface area contributed by atoms with Crippen LogP contribution >= 0.6 is 0 Å². The van der Waals surface area contributed by atoms with Gasteiger partial charge in [0.25, 0.3) is 0 Å². The van der Waals surface area contributed by atoms with Crippen LogP contribution < -0.4 is 0 Å². The molecule has 0 amide bonds. The molecule has 0 aliphatic rings. The van der Waals surface area contributed by atoms with Crippen LogP contribution in [0.25, 0.3) is 0 Å². The van der Waals surface area contributed by atoms with Crippen molar-refractivity contribution in [1.29, 1.82) is 0 Å². The van der Waals surface area contributed by atoms with Gasteiger partial charge in [-0.1, -0.05) is 40.2 Å². The average Bonchev–Trinajstić information content (AvgIpc) is 2.25. The van der Waals surface area contributed by atoms with Gasteiger partial charge >= 0.3 is 5.97 Å². The zero-order valence-electron chi connectivity index (χ0n) is 9.95. The van der Waals surface area contributed by atoms with E-state index in [0.717, 1.165) is 25.3 Å². The van der Waals surface area contributed by atoms with E-state index in [0.29, 0.717) is 6.42 Å². The number of aliphatic hydroxyl groups excluding tert-OH is 1. The molecule has 1 atom stereocenters. The molecule has 0 aliphatic carbocycles. The Morgan fingerprint density at radius 1 is 1.53 bits per heavy atom. The summed E-state index contributed by atoms with van der Waals surface area (Å²) in [6.07, 6.45) is 3.51. The quantitative estimate of drug-likeness (QED) is 0.402. The summed E-state index contributed by atoms with van der Waals surface area (Å²) in [5.41, 5.74) is 0.224. The smallest absolute Gasteiger partial charge is 0.332 e. The highest BCUT2D eigenvalue weighted by molar-refractivity contribution is 5.81. The van der Waals surface area contributed by atoms with Crippen molar-refractivity contribution in [3.63, 3.8) is 0 Å². The molecule has 0 fully saturated rings. The minimum absolute atomic E-state index is 0.224. The normalized spacial score (nSPS) is 13.3. The summed E-state index contributed by atoms with van der Waals surface area (Å²) in [7, 11) is 0. The first-order valence-corrected chi connectivity index (χ1v) is 5.48. The summed E-state index contributed by atoms with van der Waals surface area (Å²) in [6.45, 7) is 9.71. The molecule has 88 valence electrons. The van der Waals surface area contributed by atoms with Crippen molar-refractivity contribution in [3.8, 4) is 0 Å². The summed E-state index contributed by atoms with van der Waals surface area (Å²) < 4.78 is 4.68. The second-order valence-electron chi connectivity index (χ2n) is 4.15. The number of hydrogen-bond acceptors (Lipinski definition) is 3. The molecule has 0 radical (unpaired) electrons. The van der Waals surface area contributed by atoms with Crippen LogP contribution in [0.1, 0.15) is 46.5 Å². The summed E-state index contributed by atoms with van der Waals surface area (Å²) >= 11 is 0. The number of aliphatic hydroxyl groups is 1. The Labute approximate surface area is 92.1 Å². The zero-order chi connectivity index (χ0) is 11.9. The Kier molecular flexibility index (Phi) is 6.25. The third kappa shape index (κ3) is 5.57. The number of rotatable bonds is 7. The van der Waals surface area contributed by atoms with Crippen molar-refractivity contribution >= 4 is 5.97 Å². The fraction of sp³-hybridized carbons (Fsp3) is 0.750. The predicted molar refractivity (Wildman–Crippen MR) is 60.2 cm³/mol. The standard InChI is InChI=1S/C12H22O3/c1-5-10(13)15-11(14)8-9-12(4,6-2)7-3/h5,11,14H,1,6-9H2,2-4H3. The molecule has 0 bridgehead atoms. The maximum atomic E-state index is 10.8. The summed E-state index contributed by atoms with van der Waals surface area (Å²) in [5, 5.41) is 9.41. The Bertz CT molecular complexity index is 207. The molecule has 0 rings (SSSR count). The Morgan fingerprint density at radius 3 is 2.47 bits per heavy atom. The van der Waals surface area contributed by atoms with E-state index in [-0.39, 0.29) is 5.41 Å². The minimum atomic E-state index is -1.01. The van der Waals surface area contributed by atoms with Crippen LogP contribution in [-0.4, -0.2) is 17.4 Å². The van der Waals surface area contributed by atoms with Gasteiger partial charge in [-0.3, -0.25) is 0 Å². The monoisotopic (exact) mass is 214 g/mol. The van der Waals surface area contributed by atoms with Crippen LogP contribution in [-0.2, 0) is 9.53 Å². The lowest BCUT2D eigenvalue weighted by Crippen LogP contribution is -2.21. The van der Waals surface area contributed by atoms with E-state index in [9.17, 15) is 9.90 Å². The topological polar surface area (TPSA) is 46.5 Å². The molecular weight excluding hydrogens is 192 g/mol. The molecule has 0 aromatic rings. The van der Waals surface area contributed by atoms with E-state index in [4.69, 9.17) is 0 Å². The van der Waals surface area contributed by atoms with E-state index >= 15 is 0 Å². The first-order chi connectivity index (χ1) is 6.97. The molecule has 0 heterocycles. The maximum Gasteiger partial charge on any atom is 0.332 e. The van der Waals surface area contributed by atoms with E-state index in [1.807, 2.05) is 0 Å². The van der Waals surface area contributed by atoms with Crippen LogP contribution in [0.4, 0.5) is 0 Å². The molecule has 15 heavy (non-hydrogen) atoms. The Morgan fingerprint density at radius 2 is 2.07 bits per heavy atom.